The second kappa shape index (κ2) is 9.02. The van der Waals surface area contributed by atoms with E-state index >= 15 is 0 Å². The molecule has 2 atom stereocenters. The van der Waals surface area contributed by atoms with E-state index in [1.165, 1.54) is 11.8 Å². The predicted octanol–water partition coefficient (Wildman–Crippen LogP) is 4.34. The van der Waals surface area contributed by atoms with Gasteiger partial charge in [0.2, 0.25) is 0 Å². The van der Waals surface area contributed by atoms with Crippen LogP contribution < -0.4 is 0 Å². The highest BCUT2D eigenvalue weighted by Gasteiger charge is 2.36. The Balaban J connectivity index is 1.45. The number of halogens is 3. The van der Waals surface area contributed by atoms with Gasteiger partial charge in [-0.3, -0.25) is 4.90 Å². The minimum absolute atomic E-state index is 0.0428. The van der Waals surface area contributed by atoms with Gasteiger partial charge in [0.05, 0.1) is 12.1 Å². The van der Waals surface area contributed by atoms with Gasteiger partial charge in [-0.15, -0.1) is 0 Å². The highest BCUT2D eigenvalue weighted by molar-refractivity contribution is 5.32. The lowest BCUT2D eigenvalue weighted by Gasteiger charge is -2.42. The molecule has 4 rings (SSSR count). The Morgan fingerprint density at radius 3 is 2.70 bits per heavy atom. The van der Waals surface area contributed by atoms with Gasteiger partial charge in [0.25, 0.3) is 0 Å². The van der Waals surface area contributed by atoms with E-state index < -0.39 is 11.7 Å². The van der Waals surface area contributed by atoms with E-state index in [9.17, 15) is 13.2 Å². The van der Waals surface area contributed by atoms with Gasteiger partial charge in [0, 0.05) is 44.6 Å². The summed E-state index contributed by atoms with van der Waals surface area (Å²) in [6, 6.07) is 0.0428. The minimum atomic E-state index is -4.24. The van der Waals surface area contributed by atoms with Gasteiger partial charge in [0.1, 0.15) is 12.4 Å². The number of hydrogen-bond acceptors (Lipinski definition) is 4. The largest absolute Gasteiger partial charge is 0.492 e. The molecule has 4 nitrogen and oxygen atoms in total. The lowest BCUT2D eigenvalue weighted by Crippen LogP contribution is -2.52. The van der Waals surface area contributed by atoms with Crippen molar-refractivity contribution in [2.24, 2.45) is 0 Å². The molecule has 1 unspecified atom stereocenters. The second-order valence-electron chi connectivity index (χ2n) is 8.16. The molecule has 4 aliphatic rings. The van der Waals surface area contributed by atoms with Crippen LogP contribution in [-0.4, -0.2) is 68.0 Å². The minimum Gasteiger partial charge on any atom is -0.492 e. The zero-order valence-electron chi connectivity index (χ0n) is 17.3. The van der Waals surface area contributed by atoms with Gasteiger partial charge < -0.3 is 14.4 Å². The molecule has 0 aromatic heterocycles. The highest BCUT2D eigenvalue weighted by Crippen LogP contribution is 2.34. The lowest BCUT2D eigenvalue weighted by molar-refractivity contribution is -0.0941. The zero-order chi connectivity index (χ0) is 21.1. The summed E-state index contributed by atoms with van der Waals surface area (Å²) in [5.41, 5.74) is 1.58. The van der Waals surface area contributed by atoms with Crippen LogP contribution in [0.4, 0.5) is 13.2 Å². The van der Waals surface area contributed by atoms with Crippen molar-refractivity contribution in [2.75, 3.05) is 39.9 Å². The summed E-state index contributed by atoms with van der Waals surface area (Å²) in [7, 11) is 1.69. The fraction of sp³-hybridized carbons (Fsp3) is 0.565. The molecule has 7 heteroatoms. The van der Waals surface area contributed by atoms with Gasteiger partial charge in [0.15, 0.2) is 0 Å². The summed E-state index contributed by atoms with van der Waals surface area (Å²) in [4.78, 5) is 4.64. The van der Waals surface area contributed by atoms with Crippen LogP contribution >= 0.6 is 0 Å². The fourth-order valence-corrected chi connectivity index (χ4v) is 4.56. The molecule has 0 aromatic carbocycles. The molecule has 2 heterocycles. The predicted molar refractivity (Wildman–Crippen MR) is 110 cm³/mol. The molecule has 2 aliphatic carbocycles. The Hall–Kier alpha value is -1.99. The Morgan fingerprint density at radius 1 is 1.10 bits per heavy atom. The molecule has 30 heavy (non-hydrogen) atoms. The number of allylic oxidation sites excluding steroid dienone is 3. The molecule has 1 saturated heterocycles. The van der Waals surface area contributed by atoms with Gasteiger partial charge in [-0.25, -0.2) is 0 Å². The van der Waals surface area contributed by atoms with E-state index in [1.54, 1.807) is 7.11 Å². The third kappa shape index (κ3) is 4.83. The molecule has 0 amide bonds. The van der Waals surface area contributed by atoms with Gasteiger partial charge in [-0.1, -0.05) is 18.2 Å². The number of rotatable bonds is 6. The molecule has 0 N–H and O–H groups in total. The van der Waals surface area contributed by atoms with E-state index in [-0.39, 0.29) is 18.6 Å². The summed E-state index contributed by atoms with van der Waals surface area (Å²) < 4.78 is 50.9. The van der Waals surface area contributed by atoms with Crippen molar-refractivity contribution in [1.29, 1.82) is 0 Å². The Kier molecular flexibility index (Phi) is 6.39. The van der Waals surface area contributed by atoms with Crippen LogP contribution in [0.1, 0.15) is 25.7 Å². The quantitative estimate of drug-likeness (QED) is 0.636. The smallest absolute Gasteiger partial charge is 0.412 e. The van der Waals surface area contributed by atoms with Crippen molar-refractivity contribution in [3.05, 3.63) is 59.1 Å². The lowest BCUT2D eigenvalue weighted by atomic mass is 9.97. The van der Waals surface area contributed by atoms with E-state index in [0.29, 0.717) is 19.6 Å². The topological polar surface area (TPSA) is 24.9 Å². The molecule has 0 saturated carbocycles. The third-order valence-electron chi connectivity index (χ3n) is 6.22. The van der Waals surface area contributed by atoms with Gasteiger partial charge >= 0.3 is 6.18 Å². The Bertz CT molecular complexity index is 795. The standard InChI is InChI=1S/C23H29F3N2O2/c1-29-19-7-9-20(10-8-19)30-16-22-21-6-3-11-27(21)12-13-28(22)15-17-4-2-5-18(14-17)23(24,25)26/h4,6-7,9-10,14,19,22H,2-3,5,8,11-13,15-16H2,1H3/t19?,22-/m0/s1. The second-order valence-corrected chi connectivity index (χ2v) is 8.16. The molecule has 0 bridgehead atoms. The average molecular weight is 422 g/mol. The van der Waals surface area contributed by atoms with Crippen LogP contribution in [0.25, 0.3) is 0 Å². The van der Waals surface area contributed by atoms with Crippen LogP contribution in [0, 0.1) is 0 Å². The van der Waals surface area contributed by atoms with E-state index in [0.717, 1.165) is 43.8 Å². The number of ether oxygens (including phenoxy) is 2. The number of nitrogens with zero attached hydrogens (tertiary/aromatic N) is 2. The first-order chi connectivity index (χ1) is 14.4. The summed E-state index contributed by atoms with van der Waals surface area (Å²) in [6.07, 6.45) is 9.65. The molecule has 0 spiro atoms. The zero-order valence-corrected chi connectivity index (χ0v) is 17.3. The van der Waals surface area contributed by atoms with Crippen LogP contribution in [0.15, 0.2) is 59.1 Å². The van der Waals surface area contributed by atoms with E-state index in [1.807, 2.05) is 24.3 Å². The number of fused-ring (bicyclic) bond motifs is 1. The van der Waals surface area contributed by atoms with Crippen molar-refractivity contribution < 1.29 is 22.6 Å². The number of alkyl halides is 3. The highest BCUT2D eigenvalue weighted by atomic mass is 19.4. The average Bonchev–Trinajstić information content (AvgIpc) is 3.22. The first-order valence-electron chi connectivity index (χ1n) is 10.6. The number of hydrogen-bond donors (Lipinski definition) is 0. The van der Waals surface area contributed by atoms with Crippen molar-refractivity contribution in [2.45, 2.75) is 44.0 Å². The van der Waals surface area contributed by atoms with Crippen molar-refractivity contribution in [3.63, 3.8) is 0 Å². The van der Waals surface area contributed by atoms with Crippen LogP contribution in [-0.2, 0) is 9.47 Å². The van der Waals surface area contributed by atoms with Crippen LogP contribution in [0.2, 0.25) is 0 Å². The Morgan fingerprint density at radius 2 is 1.97 bits per heavy atom. The third-order valence-corrected chi connectivity index (χ3v) is 6.22. The van der Waals surface area contributed by atoms with Crippen LogP contribution in [0.5, 0.6) is 0 Å². The first-order valence-corrected chi connectivity index (χ1v) is 10.6. The molecule has 0 aromatic rings. The van der Waals surface area contributed by atoms with E-state index in [4.69, 9.17) is 9.47 Å². The number of methoxy groups -OCH3 is 1. The normalized spacial score (nSPS) is 27.3. The van der Waals surface area contributed by atoms with Crippen molar-refractivity contribution in [3.8, 4) is 0 Å². The van der Waals surface area contributed by atoms with Crippen molar-refractivity contribution >= 4 is 0 Å². The maximum absolute atomic E-state index is 13.2. The summed E-state index contributed by atoms with van der Waals surface area (Å²) in [5, 5.41) is 0. The summed E-state index contributed by atoms with van der Waals surface area (Å²) in [6.45, 7) is 3.74. The SMILES string of the molecule is COC1C=CC(OC[C@H]2C3=CCCN3CCN2CC2=CCCC(C(F)(F)F)=C2)=CC1. The molecule has 164 valence electrons. The van der Waals surface area contributed by atoms with Gasteiger partial charge in [-0.2, -0.15) is 13.2 Å². The first kappa shape index (κ1) is 21.2. The molecular weight excluding hydrogens is 393 g/mol. The summed E-state index contributed by atoms with van der Waals surface area (Å²) >= 11 is 0. The van der Waals surface area contributed by atoms with E-state index in [2.05, 4.69) is 15.9 Å². The molecular formula is C23H29F3N2O2. The number of piperazine rings is 1. The molecule has 1 fully saturated rings. The van der Waals surface area contributed by atoms with Gasteiger partial charge in [-0.05, 0) is 49.5 Å². The fourth-order valence-electron chi connectivity index (χ4n) is 4.56. The molecule has 2 aliphatic heterocycles. The van der Waals surface area contributed by atoms with Crippen molar-refractivity contribution in [1.82, 2.24) is 9.80 Å². The summed E-state index contributed by atoms with van der Waals surface area (Å²) in [5.74, 6) is 0.829. The maximum atomic E-state index is 13.2. The Labute approximate surface area is 176 Å². The maximum Gasteiger partial charge on any atom is 0.412 e. The monoisotopic (exact) mass is 422 g/mol. The van der Waals surface area contributed by atoms with Crippen LogP contribution in [0.3, 0.4) is 0 Å². The molecule has 0 radical (unpaired) electrons.